The molecule has 20 heavy (non-hydrogen) atoms. The monoisotopic (exact) mass is 293 g/mol. The molecular weight excluding hydrogens is 274 g/mol. The van der Waals surface area contributed by atoms with Gasteiger partial charge in [0.25, 0.3) is 5.91 Å². The van der Waals surface area contributed by atoms with Gasteiger partial charge in [0.05, 0.1) is 16.3 Å². The molecule has 2 heterocycles. The first kappa shape index (κ1) is 13.7. The number of benzene rings is 1. The number of nitrogens with zero attached hydrogens (tertiary/aromatic N) is 1. The summed E-state index contributed by atoms with van der Waals surface area (Å²) in [6.45, 7) is 2.05. The molecule has 0 spiro atoms. The van der Waals surface area contributed by atoms with Crippen molar-refractivity contribution in [2.75, 3.05) is 18.0 Å². The van der Waals surface area contributed by atoms with Crippen molar-refractivity contribution < 1.29 is 4.79 Å². The van der Waals surface area contributed by atoms with Crippen molar-refractivity contribution in [1.82, 2.24) is 5.32 Å². The Balaban J connectivity index is 1.95. The van der Waals surface area contributed by atoms with E-state index in [-0.39, 0.29) is 0 Å². The predicted octanol–water partition coefficient (Wildman–Crippen LogP) is 2.16. The van der Waals surface area contributed by atoms with Gasteiger partial charge in [0.1, 0.15) is 0 Å². The zero-order valence-electron chi connectivity index (χ0n) is 11.4. The second kappa shape index (κ2) is 5.62. The van der Waals surface area contributed by atoms with Crippen molar-refractivity contribution in [3.63, 3.8) is 0 Å². The lowest BCUT2D eigenvalue weighted by atomic mass is 10.0. The van der Waals surface area contributed by atoms with E-state index >= 15 is 0 Å². The number of anilines is 1. The Kier molecular flexibility index (Phi) is 3.85. The highest BCUT2D eigenvalue weighted by molar-refractivity contribution is 6.34. The Labute approximate surface area is 124 Å². The molecule has 1 aromatic rings. The molecular formula is C15H20ClN3O. The number of halogens is 1. The molecule has 0 saturated carbocycles. The molecule has 3 N–H and O–H groups in total. The number of primary amides is 1. The number of hydrogen-bond donors (Lipinski definition) is 2. The average Bonchev–Trinajstić information content (AvgIpc) is 3.08. The number of rotatable bonds is 3. The first-order valence-corrected chi connectivity index (χ1v) is 7.64. The van der Waals surface area contributed by atoms with E-state index in [2.05, 4.69) is 10.2 Å². The molecule has 0 aliphatic carbocycles. The maximum atomic E-state index is 11.7. The van der Waals surface area contributed by atoms with E-state index in [9.17, 15) is 4.79 Å². The normalized spacial score (nSPS) is 26.1. The molecule has 108 valence electrons. The molecule has 2 fully saturated rings. The zero-order chi connectivity index (χ0) is 14.1. The summed E-state index contributed by atoms with van der Waals surface area (Å²) in [7, 11) is 0. The van der Waals surface area contributed by atoms with Crippen LogP contribution in [0, 0.1) is 0 Å². The van der Waals surface area contributed by atoms with Crippen molar-refractivity contribution in [2.45, 2.75) is 37.8 Å². The van der Waals surface area contributed by atoms with Crippen molar-refractivity contribution in [1.29, 1.82) is 0 Å². The van der Waals surface area contributed by atoms with Gasteiger partial charge in [-0.05, 0) is 44.4 Å². The van der Waals surface area contributed by atoms with Gasteiger partial charge in [0.15, 0.2) is 0 Å². The molecule has 2 aliphatic heterocycles. The van der Waals surface area contributed by atoms with Crippen LogP contribution in [0.5, 0.6) is 0 Å². The molecule has 0 bridgehead atoms. The molecule has 3 rings (SSSR count). The third-order valence-electron chi connectivity index (χ3n) is 4.41. The average molecular weight is 294 g/mol. The van der Waals surface area contributed by atoms with Gasteiger partial charge >= 0.3 is 0 Å². The van der Waals surface area contributed by atoms with Gasteiger partial charge in [-0.15, -0.1) is 0 Å². The Bertz CT molecular complexity index is 514. The second-order valence-electron chi connectivity index (χ2n) is 5.60. The summed E-state index contributed by atoms with van der Waals surface area (Å²) in [5.41, 5.74) is 6.86. The minimum absolute atomic E-state index is 0.439. The molecule has 0 aromatic heterocycles. The van der Waals surface area contributed by atoms with Gasteiger partial charge < -0.3 is 16.0 Å². The third-order valence-corrected chi connectivity index (χ3v) is 4.72. The van der Waals surface area contributed by atoms with Crippen molar-refractivity contribution in [3.8, 4) is 0 Å². The molecule has 5 heteroatoms. The molecule has 0 radical (unpaired) electrons. The first-order chi connectivity index (χ1) is 9.68. The number of carbonyl (C=O) groups excluding carboxylic acids is 1. The van der Waals surface area contributed by atoms with Gasteiger partial charge in [-0.3, -0.25) is 4.79 Å². The van der Waals surface area contributed by atoms with Gasteiger partial charge in [-0.1, -0.05) is 17.7 Å². The summed E-state index contributed by atoms with van der Waals surface area (Å²) in [4.78, 5) is 14.0. The summed E-state index contributed by atoms with van der Waals surface area (Å²) in [6, 6.07) is 6.52. The Morgan fingerprint density at radius 2 is 2.20 bits per heavy atom. The minimum Gasteiger partial charge on any atom is -0.366 e. The zero-order valence-corrected chi connectivity index (χ0v) is 12.2. The van der Waals surface area contributed by atoms with E-state index in [0.717, 1.165) is 31.6 Å². The number of nitrogens with one attached hydrogen (secondary N) is 1. The fourth-order valence-electron chi connectivity index (χ4n) is 3.55. The maximum Gasteiger partial charge on any atom is 0.252 e. The van der Waals surface area contributed by atoms with Gasteiger partial charge in [-0.25, -0.2) is 0 Å². The standard InChI is InChI=1S/C15H20ClN3O/c16-10-4-1-6-13(14(10)15(17)20)19-9-3-7-12(19)11-5-2-8-18-11/h1,4,6,11-12,18H,2-3,5,7-9H2,(H2,17,20). The van der Waals surface area contributed by atoms with Crippen LogP contribution in [0.2, 0.25) is 5.02 Å². The Morgan fingerprint density at radius 3 is 2.90 bits per heavy atom. The molecule has 1 amide bonds. The quantitative estimate of drug-likeness (QED) is 0.898. The SMILES string of the molecule is NC(=O)c1c(Cl)cccc1N1CCCC1C1CCCN1. The van der Waals surface area contributed by atoms with Crippen LogP contribution in [-0.2, 0) is 0 Å². The van der Waals surface area contributed by atoms with E-state index in [1.54, 1.807) is 6.07 Å². The van der Waals surface area contributed by atoms with Crippen molar-refractivity contribution in [2.24, 2.45) is 5.73 Å². The summed E-state index contributed by atoms with van der Waals surface area (Å²) in [6.07, 6.45) is 4.73. The minimum atomic E-state index is -0.448. The number of nitrogens with two attached hydrogens (primary N) is 1. The summed E-state index contributed by atoms with van der Waals surface area (Å²) < 4.78 is 0. The fraction of sp³-hybridized carbons (Fsp3) is 0.533. The van der Waals surface area contributed by atoms with Crippen molar-refractivity contribution in [3.05, 3.63) is 28.8 Å². The van der Waals surface area contributed by atoms with Gasteiger partial charge in [0.2, 0.25) is 0 Å². The summed E-state index contributed by atoms with van der Waals surface area (Å²) >= 11 is 6.17. The highest BCUT2D eigenvalue weighted by atomic mass is 35.5. The van der Waals surface area contributed by atoms with Crippen LogP contribution in [0.3, 0.4) is 0 Å². The molecule has 4 nitrogen and oxygen atoms in total. The molecule has 2 aliphatic rings. The molecule has 1 aromatic carbocycles. The Morgan fingerprint density at radius 1 is 1.35 bits per heavy atom. The largest absolute Gasteiger partial charge is 0.366 e. The number of amides is 1. The van der Waals surface area contributed by atoms with E-state index in [0.29, 0.717) is 22.7 Å². The molecule has 2 unspecified atom stereocenters. The van der Waals surface area contributed by atoms with Crippen LogP contribution < -0.4 is 16.0 Å². The number of hydrogen-bond acceptors (Lipinski definition) is 3. The fourth-order valence-corrected chi connectivity index (χ4v) is 3.81. The van der Waals surface area contributed by atoms with E-state index in [1.165, 1.54) is 12.8 Å². The second-order valence-corrected chi connectivity index (χ2v) is 6.01. The van der Waals surface area contributed by atoms with Crippen LogP contribution in [0.15, 0.2) is 18.2 Å². The third kappa shape index (κ3) is 2.38. The van der Waals surface area contributed by atoms with Gasteiger partial charge in [-0.2, -0.15) is 0 Å². The van der Waals surface area contributed by atoms with Gasteiger partial charge in [0, 0.05) is 18.6 Å². The van der Waals surface area contributed by atoms with Crippen molar-refractivity contribution >= 4 is 23.2 Å². The summed E-state index contributed by atoms with van der Waals surface area (Å²) in [5, 5.41) is 4.02. The summed E-state index contributed by atoms with van der Waals surface area (Å²) in [5.74, 6) is -0.448. The highest BCUT2D eigenvalue weighted by Gasteiger charge is 2.35. The van der Waals surface area contributed by atoms with Crippen LogP contribution in [0.1, 0.15) is 36.0 Å². The highest BCUT2D eigenvalue weighted by Crippen LogP contribution is 2.34. The topological polar surface area (TPSA) is 58.4 Å². The van der Waals surface area contributed by atoms with Crippen LogP contribution in [-0.4, -0.2) is 31.1 Å². The molecule has 2 atom stereocenters. The van der Waals surface area contributed by atoms with Crippen LogP contribution in [0.25, 0.3) is 0 Å². The van der Waals surface area contributed by atoms with Crippen LogP contribution in [0.4, 0.5) is 5.69 Å². The predicted molar refractivity (Wildman–Crippen MR) is 81.4 cm³/mol. The lowest BCUT2D eigenvalue weighted by Gasteiger charge is -2.32. The van der Waals surface area contributed by atoms with E-state index in [1.807, 2.05) is 12.1 Å². The lowest BCUT2D eigenvalue weighted by Crippen LogP contribution is -2.44. The Hall–Kier alpha value is -1.26. The van der Waals surface area contributed by atoms with E-state index < -0.39 is 5.91 Å². The first-order valence-electron chi connectivity index (χ1n) is 7.27. The van der Waals surface area contributed by atoms with Crippen LogP contribution >= 0.6 is 11.6 Å². The lowest BCUT2D eigenvalue weighted by molar-refractivity contribution is 0.100. The molecule has 2 saturated heterocycles. The number of carbonyl (C=O) groups is 1. The van der Waals surface area contributed by atoms with E-state index in [4.69, 9.17) is 17.3 Å². The smallest absolute Gasteiger partial charge is 0.252 e. The maximum absolute atomic E-state index is 11.7.